The molecule has 122 valence electrons. The molecule has 3 aromatic rings. The van der Waals surface area contributed by atoms with Gasteiger partial charge in [0.05, 0.1) is 17.7 Å². The van der Waals surface area contributed by atoms with Gasteiger partial charge in [-0.3, -0.25) is 14.9 Å². The Balaban J connectivity index is 1.48. The molecule has 24 heavy (non-hydrogen) atoms. The molecule has 1 atom stereocenters. The van der Waals surface area contributed by atoms with Gasteiger partial charge in [-0.15, -0.1) is 0 Å². The number of hydrogen-bond donors (Lipinski definition) is 1. The molecular formula is C19H21N5. The zero-order valence-corrected chi connectivity index (χ0v) is 13.8. The van der Waals surface area contributed by atoms with Gasteiger partial charge in [-0.2, -0.15) is 0 Å². The van der Waals surface area contributed by atoms with Crippen molar-refractivity contribution in [1.82, 2.24) is 24.8 Å². The fourth-order valence-corrected chi connectivity index (χ4v) is 3.38. The highest BCUT2D eigenvalue weighted by atomic mass is 15.2. The van der Waals surface area contributed by atoms with Gasteiger partial charge in [0, 0.05) is 42.9 Å². The molecule has 0 amide bonds. The van der Waals surface area contributed by atoms with Crippen LogP contribution in [0.4, 0.5) is 0 Å². The Hall–Kier alpha value is -2.53. The average molecular weight is 319 g/mol. The molecule has 1 N–H and O–H groups in total. The van der Waals surface area contributed by atoms with Crippen molar-refractivity contribution in [2.75, 3.05) is 13.1 Å². The van der Waals surface area contributed by atoms with Crippen LogP contribution in [-0.2, 0) is 6.54 Å². The molecule has 0 aliphatic carbocycles. The Labute approximate surface area is 141 Å². The van der Waals surface area contributed by atoms with E-state index in [4.69, 9.17) is 0 Å². The minimum absolute atomic E-state index is 0.558. The molecule has 5 heteroatoms. The van der Waals surface area contributed by atoms with E-state index in [0.29, 0.717) is 5.92 Å². The summed E-state index contributed by atoms with van der Waals surface area (Å²) in [4.78, 5) is 18.8. The molecule has 0 saturated carbocycles. The number of hydrogen-bond acceptors (Lipinski definition) is 4. The molecule has 0 bridgehead atoms. The van der Waals surface area contributed by atoms with Crippen LogP contribution in [0, 0.1) is 6.92 Å². The SMILES string of the molecule is Cc1[nH]cnc1CN1CCC(c2ccnc(-c3cccnc3)c2)C1. The fourth-order valence-electron chi connectivity index (χ4n) is 3.38. The van der Waals surface area contributed by atoms with E-state index >= 15 is 0 Å². The zero-order valence-electron chi connectivity index (χ0n) is 13.8. The quantitative estimate of drug-likeness (QED) is 0.802. The number of aryl methyl sites for hydroxylation is 1. The monoisotopic (exact) mass is 319 g/mol. The molecule has 3 aromatic heterocycles. The fraction of sp³-hybridized carbons (Fsp3) is 0.316. The van der Waals surface area contributed by atoms with Gasteiger partial charge in [0.1, 0.15) is 0 Å². The topological polar surface area (TPSA) is 57.7 Å². The lowest BCUT2D eigenvalue weighted by Gasteiger charge is -2.15. The second-order valence-corrected chi connectivity index (χ2v) is 6.41. The maximum Gasteiger partial charge on any atom is 0.0925 e. The van der Waals surface area contributed by atoms with Gasteiger partial charge in [-0.05, 0) is 55.6 Å². The van der Waals surface area contributed by atoms with Gasteiger partial charge in [-0.25, -0.2) is 4.98 Å². The smallest absolute Gasteiger partial charge is 0.0925 e. The number of aromatic nitrogens is 4. The maximum absolute atomic E-state index is 4.50. The molecule has 1 aliphatic heterocycles. The molecule has 0 radical (unpaired) electrons. The van der Waals surface area contributed by atoms with Crippen LogP contribution in [0.25, 0.3) is 11.3 Å². The summed E-state index contributed by atoms with van der Waals surface area (Å²) in [6.45, 7) is 5.19. The van der Waals surface area contributed by atoms with E-state index in [9.17, 15) is 0 Å². The van der Waals surface area contributed by atoms with Crippen LogP contribution in [0.2, 0.25) is 0 Å². The third-order valence-electron chi connectivity index (χ3n) is 4.79. The third kappa shape index (κ3) is 3.08. The number of nitrogens with one attached hydrogen (secondary N) is 1. The molecule has 1 aliphatic rings. The number of imidazole rings is 1. The molecule has 0 aromatic carbocycles. The van der Waals surface area contributed by atoms with Crippen LogP contribution < -0.4 is 0 Å². The molecule has 1 fully saturated rings. The first-order valence-electron chi connectivity index (χ1n) is 8.37. The van der Waals surface area contributed by atoms with Crippen LogP contribution in [0.5, 0.6) is 0 Å². The minimum atomic E-state index is 0.558. The molecule has 1 saturated heterocycles. The predicted octanol–water partition coefficient (Wildman–Crippen LogP) is 3.16. The number of aromatic amines is 1. The van der Waals surface area contributed by atoms with Crippen molar-refractivity contribution in [3.05, 3.63) is 66.1 Å². The Kier molecular flexibility index (Phi) is 4.09. The Morgan fingerprint density at radius 1 is 1.25 bits per heavy atom. The van der Waals surface area contributed by atoms with E-state index < -0.39 is 0 Å². The van der Waals surface area contributed by atoms with Crippen molar-refractivity contribution < 1.29 is 0 Å². The minimum Gasteiger partial charge on any atom is -0.348 e. The summed E-state index contributed by atoms with van der Waals surface area (Å²) in [5.41, 5.74) is 5.76. The Morgan fingerprint density at radius 3 is 3.00 bits per heavy atom. The number of likely N-dealkylation sites (tertiary alicyclic amines) is 1. The standard InChI is InChI=1S/C19H21N5/c1-14-19(23-13-22-14)12-24-8-5-17(11-24)15-4-7-21-18(9-15)16-3-2-6-20-10-16/h2-4,6-7,9-10,13,17H,5,8,11-12H2,1H3,(H,22,23). The Morgan fingerprint density at radius 2 is 2.21 bits per heavy atom. The van der Waals surface area contributed by atoms with Gasteiger partial charge in [0.2, 0.25) is 0 Å². The van der Waals surface area contributed by atoms with Crippen LogP contribution >= 0.6 is 0 Å². The summed E-state index contributed by atoms with van der Waals surface area (Å²) < 4.78 is 0. The lowest BCUT2D eigenvalue weighted by Crippen LogP contribution is -2.20. The maximum atomic E-state index is 4.50. The second kappa shape index (κ2) is 6.53. The highest BCUT2D eigenvalue weighted by Gasteiger charge is 2.25. The number of H-pyrrole nitrogens is 1. The first-order chi connectivity index (χ1) is 11.8. The predicted molar refractivity (Wildman–Crippen MR) is 93.4 cm³/mol. The van der Waals surface area contributed by atoms with Gasteiger partial charge < -0.3 is 4.98 Å². The van der Waals surface area contributed by atoms with Crippen molar-refractivity contribution in [1.29, 1.82) is 0 Å². The van der Waals surface area contributed by atoms with E-state index in [1.54, 1.807) is 12.5 Å². The number of rotatable bonds is 4. The van der Waals surface area contributed by atoms with Crippen molar-refractivity contribution in [2.45, 2.75) is 25.8 Å². The third-order valence-corrected chi connectivity index (χ3v) is 4.79. The summed E-state index contributed by atoms with van der Waals surface area (Å²) in [5.74, 6) is 0.558. The lowest BCUT2D eigenvalue weighted by atomic mass is 9.98. The van der Waals surface area contributed by atoms with Crippen LogP contribution in [-0.4, -0.2) is 37.9 Å². The zero-order chi connectivity index (χ0) is 16.4. The summed E-state index contributed by atoms with van der Waals surface area (Å²) >= 11 is 0. The highest BCUT2D eigenvalue weighted by Crippen LogP contribution is 2.30. The van der Waals surface area contributed by atoms with Crippen molar-refractivity contribution in [2.24, 2.45) is 0 Å². The lowest BCUT2D eigenvalue weighted by molar-refractivity contribution is 0.322. The molecular weight excluding hydrogens is 298 g/mol. The van der Waals surface area contributed by atoms with Gasteiger partial charge >= 0.3 is 0 Å². The van der Waals surface area contributed by atoms with Crippen molar-refractivity contribution in [3.63, 3.8) is 0 Å². The van der Waals surface area contributed by atoms with Crippen molar-refractivity contribution >= 4 is 0 Å². The van der Waals surface area contributed by atoms with Crippen LogP contribution in [0.15, 0.2) is 49.2 Å². The Bertz CT molecular complexity index is 811. The van der Waals surface area contributed by atoms with Gasteiger partial charge in [0.25, 0.3) is 0 Å². The summed E-state index contributed by atoms with van der Waals surface area (Å²) in [6, 6.07) is 8.37. The highest BCUT2D eigenvalue weighted by molar-refractivity contribution is 5.58. The second-order valence-electron chi connectivity index (χ2n) is 6.41. The van der Waals surface area contributed by atoms with Crippen LogP contribution in [0.1, 0.15) is 29.3 Å². The number of pyridine rings is 2. The van der Waals surface area contributed by atoms with E-state index in [-0.39, 0.29) is 0 Å². The summed E-state index contributed by atoms with van der Waals surface area (Å²) in [7, 11) is 0. The van der Waals surface area contributed by atoms with E-state index in [1.165, 1.54) is 17.7 Å². The molecule has 4 rings (SSSR count). The largest absolute Gasteiger partial charge is 0.348 e. The van der Waals surface area contributed by atoms with Gasteiger partial charge in [0.15, 0.2) is 0 Å². The van der Waals surface area contributed by atoms with E-state index in [2.05, 4.69) is 50.0 Å². The summed E-state index contributed by atoms with van der Waals surface area (Å²) in [5, 5.41) is 0. The first-order valence-corrected chi connectivity index (χ1v) is 8.37. The number of nitrogens with zero attached hydrogens (tertiary/aromatic N) is 4. The van der Waals surface area contributed by atoms with E-state index in [0.717, 1.165) is 36.6 Å². The molecule has 1 unspecified atom stereocenters. The van der Waals surface area contributed by atoms with E-state index in [1.807, 2.05) is 18.5 Å². The average Bonchev–Trinajstić information content (AvgIpc) is 3.26. The summed E-state index contributed by atoms with van der Waals surface area (Å²) in [6.07, 6.45) is 8.53. The molecule has 5 nitrogen and oxygen atoms in total. The molecule has 0 spiro atoms. The normalized spacial score (nSPS) is 18.1. The van der Waals surface area contributed by atoms with Crippen molar-refractivity contribution in [3.8, 4) is 11.3 Å². The molecule has 4 heterocycles. The van der Waals surface area contributed by atoms with Gasteiger partial charge in [-0.1, -0.05) is 0 Å². The first kappa shape index (κ1) is 15.0. The van der Waals surface area contributed by atoms with Crippen LogP contribution in [0.3, 0.4) is 0 Å².